The molecule has 27 heavy (non-hydrogen) atoms. The molecule has 1 aromatic carbocycles. The molecule has 0 atom stereocenters. The molecule has 0 N–H and O–H groups in total. The first-order valence-corrected chi connectivity index (χ1v) is 7.59. The number of aliphatic imine (C=N–C) groups is 1. The second kappa shape index (κ2) is 6.11. The van der Waals surface area contributed by atoms with Crippen molar-refractivity contribution in [3.63, 3.8) is 0 Å². The maximum atomic E-state index is 14.4. The van der Waals surface area contributed by atoms with E-state index in [4.69, 9.17) is 0 Å². The van der Waals surface area contributed by atoms with Crippen molar-refractivity contribution in [2.24, 2.45) is 4.99 Å². The molecule has 0 amide bonds. The zero-order chi connectivity index (χ0) is 20.0. The van der Waals surface area contributed by atoms with E-state index in [0.717, 1.165) is 0 Å². The Morgan fingerprint density at radius 3 is 2.19 bits per heavy atom. The monoisotopic (exact) mass is 389 g/mol. The van der Waals surface area contributed by atoms with Gasteiger partial charge in [-0.3, -0.25) is 4.99 Å². The molecule has 0 bridgehead atoms. The zero-order valence-electron chi connectivity index (χ0n) is 13.4. The van der Waals surface area contributed by atoms with Gasteiger partial charge in [0.25, 0.3) is 0 Å². The molecule has 0 saturated carbocycles. The minimum absolute atomic E-state index is 0.0292. The lowest BCUT2D eigenvalue weighted by Gasteiger charge is -2.34. The molecule has 10 heteroatoms. The predicted octanol–water partition coefficient (Wildman–Crippen LogP) is 4.41. The Kier molecular flexibility index (Phi) is 4.29. The van der Waals surface area contributed by atoms with E-state index in [0.29, 0.717) is 11.6 Å². The number of hydrogen-bond donors (Lipinski definition) is 0. The summed E-state index contributed by atoms with van der Waals surface area (Å²) in [7, 11) is 0. The molecule has 0 radical (unpaired) electrons. The Labute approximate surface area is 148 Å². The fraction of sp³-hybridized carbons (Fsp3) is 0.294. The van der Waals surface area contributed by atoms with Crippen LogP contribution in [0.2, 0.25) is 0 Å². The van der Waals surface area contributed by atoms with Gasteiger partial charge in [0.1, 0.15) is 17.5 Å². The standard InChI is InChI=1S/C17H10F7N3/c18-15(19,16(20,21)17(22,23)24)12-8-13(10-4-2-1-3-5-10)27-7-6-26-14(27)11(12)9-25/h1-5,8H,6-7H2. The Balaban J connectivity index is 2.26. The summed E-state index contributed by atoms with van der Waals surface area (Å²) in [5.74, 6) is -12.4. The van der Waals surface area contributed by atoms with Crippen LogP contribution in [0.3, 0.4) is 0 Å². The van der Waals surface area contributed by atoms with Gasteiger partial charge in [-0.25, -0.2) is 0 Å². The van der Waals surface area contributed by atoms with Gasteiger partial charge in [-0.05, 0) is 11.6 Å². The number of hydrogen-bond acceptors (Lipinski definition) is 3. The Hall–Kier alpha value is -2.83. The van der Waals surface area contributed by atoms with Gasteiger partial charge >= 0.3 is 18.0 Å². The Morgan fingerprint density at radius 2 is 1.63 bits per heavy atom. The van der Waals surface area contributed by atoms with E-state index in [2.05, 4.69) is 4.99 Å². The van der Waals surface area contributed by atoms with Gasteiger partial charge in [0.2, 0.25) is 0 Å². The third-order valence-electron chi connectivity index (χ3n) is 4.18. The maximum Gasteiger partial charge on any atom is 0.460 e. The second-order valence-electron chi connectivity index (χ2n) is 5.80. The van der Waals surface area contributed by atoms with Gasteiger partial charge in [0.05, 0.1) is 17.8 Å². The molecule has 0 aromatic heterocycles. The molecule has 142 valence electrons. The van der Waals surface area contributed by atoms with Crippen molar-refractivity contribution in [3.8, 4) is 6.07 Å². The molecule has 2 aliphatic heterocycles. The lowest BCUT2D eigenvalue weighted by molar-refractivity contribution is -0.343. The van der Waals surface area contributed by atoms with Crippen molar-refractivity contribution >= 4 is 11.5 Å². The van der Waals surface area contributed by atoms with Crippen LogP contribution < -0.4 is 0 Å². The number of nitriles is 1. The molecule has 3 nitrogen and oxygen atoms in total. The van der Waals surface area contributed by atoms with Crippen LogP contribution in [0, 0.1) is 11.3 Å². The topological polar surface area (TPSA) is 39.4 Å². The third kappa shape index (κ3) is 2.78. The quantitative estimate of drug-likeness (QED) is 0.719. The molecular formula is C17H10F7N3. The van der Waals surface area contributed by atoms with E-state index >= 15 is 0 Å². The Morgan fingerprint density at radius 1 is 1.00 bits per heavy atom. The molecule has 2 aliphatic rings. The summed E-state index contributed by atoms with van der Waals surface area (Å²) in [4.78, 5) is 5.20. The number of allylic oxidation sites excluding steroid dienone is 2. The number of rotatable bonds is 3. The normalized spacial score (nSPS) is 18.1. The van der Waals surface area contributed by atoms with Gasteiger partial charge < -0.3 is 4.90 Å². The fourth-order valence-corrected chi connectivity index (χ4v) is 2.86. The van der Waals surface area contributed by atoms with Crippen LogP contribution in [0.1, 0.15) is 5.56 Å². The van der Waals surface area contributed by atoms with Gasteiger partial charge in [-0.15, -0.1) is 0 Å². The van der Waals surface area contributed by atoms with Gasteiger partial charge in [-0.2, -0.15) is 36.0 Å². The van der Waals surface area contributed by atoms with Crippen LogP contribution in [-0.2, 0) is 0 Å². The van der Waals surface area contributed by atoms with Gasteiger partial charge in [0.15, 0.2) is 0 Å². The van der Waals surface area contributed by atoms with Gasteiger partial charge in [0, 0.05) is 6.54 Å². The summed E-state index contributed by atoms with van der Waals surface area (Å²) in [6.07, 6.45) is -5.99. The van der Waals surface area contributed by atoms with Gasteiger partial charge in [-0.1, -0.05) is 30.3 Å². The summed E-state index contributed by atoms with van der Waals surface area (Å²) in [5.41, 5.74) is -2.42. The second-order valence-corrected chi connectivity index (χ2v) is 5.80. The summed E-state index contributed by atoms with van der Waals surface area (Å²) in [5, 5.41) is 9.19. The first kappa shape index (κ1) is 18.9. The molecule has 0 aliphatic carbocycles. The highest BCUT2D eigenvalue weighted by molar-refractivity contribution is 6.10. The van der Waals surface area contributed by atoms with Crippen molar-refractivity contribution in [1.29, 1.82) is 5.26 Å². The van der Waals surface area contributed by atoms with E-state index in [-0.39, 0.29) is 24.6 Å². The van der Waals surface area contributed by atoms with Crippen molar-refractivity contribution in [2.75, 3.05) is 13.1 Å². The lowest BCUT2D eigenvalue weighted by Crippen LogP contribution is -2.53. The molecule has 0 saturated heterocycles. The summed E-state index contributed by atoms with van der Waals surface area (Å²) in [6.45, 7) is 0.259. The highest BCUT2D eigenvalue weighted by Gasteiger charge is 2.74. The van der Waals surface area contributed by atoms with E-state index in [1.54, 1.807) is 18.2 Å². The lowest BCUT2D eigenvalue weighted by atomic mass is 9.90. The minimum Gasteiger partial charge on any atom is -0.323 e. The van der Waals surface area contributed by atoms with E-state index in [1.165, 1.54) is 23.1 Å². The molecule has 0 spiro atoms. The minimum atomic E-state index is -6.50. The highest BCUT2D eigenvalue weighted by Crippen LogP contribution is 2.52. The highest BCUT2D eigenvalue weighted by atomic mass is 19.4. The van der Waals surface area contributed by atoms with Crippen LogP contribution in [0.5, 0.6) is 0 Å². The van der Waals surface area contributed by atoms with Crippen molar-refractivity contribution in [3.05, 3.63) is 53.1 Å². The number of alkyl halides is 7. The van der Waals surface area contributed by atoms with Crippen LogP contribution >= 0.6 is 0 Å². The number of amidine groups is 1. The largest absolute Gasteiger partial charge is 0.460 e. The Bertz CT molecular complexity index is 889. The predicted molar refractivity (Wildman–Crippen MR) is 82.0 cm³/mol. The number of benzene rings is 1. The van der Waals surface area contributed by atoms with Crippen molar-refractivity contribution in [1.82, 2.24) is 4.90 Å². The van der Waals surface area contributed by atoms with Crippen LogP contribution in [0.15, 0.2) is 52.5 Å². The molecule has 0 unspecified atom stereocenters. The van der Waals surface area contributed by atoms with Crippen LogP contribution in [0.4, 0.5) is 30.7 Å². The molecule has 3 rings (SSSR count). The number of fused-ring (bicyclic) bond motifs is 1. The zero-order valence-corrected chi connectivity index (χ0v) is 13.4. The molecular weight excluding hydrogens is 379 g/mol. The first-order valence-electron chi connectivity index (χ1n) is 7.59. The van der Waals surface area contributed by atoms with Crippen molar-refractivity contribution < 1.29 is 30.7 Å². The summed E-state index contributed by atoms with van der Waals surface area (Å²) >= 11 is 0. The van der Waals surface area contributed by atoms with E-state index in [9.17, 15) is 36.0 Å². The first-order chi connectivity index (χ1) is 12.5. The molecule has 1 aromatic rings. The summed E-state index contributed by atoms with van der Waals surface area (Å²) in [6, 6.07) is 9.00. The molecule has 2 heterocycles. The summed E-state index contributed by atoms with van der Waals surface area (Å²) < 4.78 is 93.7. The van der Waals surface area contributed by atoms with Crippen LogP contribution in [-0.4, -0.2) is 41.8 Å². The molecule has 0 fully saturated rings. The van der Waals surface area contributed by atoms with E-state index in [1.807, 2.05) is 0 Å². The smallest absolute Gasteiger partial charge is 0.323 e. The number of nitrogens with zero attached hydrogens (tertiary/aromatic N) is 3. The average Bonchev–Trinajstić information content (AvgIpc) is 3.09. The fourth-order valence-electron chi connectivity index (χ4n) is 2.86. The van der Waals surface area contributed by atoms with E-state index < -0.39 is 29.2 Å². The SMILES string of the molecule is N#CC1=C(C(F)(F)C(F)(F)C(F)(F)F)C=C(c2ccccc2)N2CCN=C12. The van der Waals surface area contributed by atoms with Crippen molar-refractivity contribution in [2.45, 2.75) is 18.0 Å². The van der Waals surface area contributed by atoms with Crippen LogP contribution in [0.25, 0.3) is 5.70 Å². The number of halogens is 7. The maximum absolute atomic E-state index is 14.4. The third-order valence-corrected chi connectivity index (χ3v) is 4.18. The average molecular weight is 389 g/mol.